The van der Waals surface area contributed by atoms with Crippen molar-refractivity contribution < 1.29 is 9.90 Å². The summed E-state index contributed by atoms with van der Waals surface area (Å²) in [6.45, 7) is 8.63. The van der Waals surface area contributed by atoms with Crippen LogP contribution in [0.25, 0.3) is 0 Å². The van der Waals surface area contributed by atoms with Gasteiger partial charge in [0.25, 0.3) is 0 Å². The Balaban J connectivity index is 1.89. The summed E-state index contributed by atoms with van der Waals surface area (Å²) in [5, 5.41) is 10.1. The lowest BCUT2D eigenvalue weighted by molar-refractivity contribution is 0.0446. The first kappa shape index (κ1) is 16.2. The quantitative estimate of drug-likeness (QED) is 0.866. The largest absolute Gasteiger partial charge is 0.390 e. The molecule has 1 heterocycles. The van der Waals surface area contributed by atoms with E-state index >= 15 is 0 Å². The number of aliphatic hydroxyl groups is 1. The van der Waals surface area contributed by atoms with E-state index in [1.165, 1.54) is 0 Å². The van der Waals surface area contributed by atoms with Crippen molar-refractivity contribution in [2.75, 3.05) is 19.6 Å². The predicted octanol–water partition coefficient (Wildman–Crippen LogP) is 3.11. The van der Waals surface area contributed by atoms with Gasteiger partial charge in [0.2, 0.25) is 0 Å². The van der Waals surface area contributed by atoms with Crippen molar-refractivity contribution in [3.8, 4) is 0 Å². The van der Waals surface area contributed by atoms with Crippen molar-refractivity contribution in [3.63, 3.8) is 0 Å². The fraction of sp³-hybridized carbons (Fsp3) is 0.611. The van der Waals surface area contributed by atoms with Crippen molar-refractivity contribution in [3.05, 3.63) is 34.9 Å². The molecular weight excluding hydrogens is 262 g/mol. The van der Waals surface area contributed by atoms with Gasteiger partial charge in [-0.2, -0.15) is 0 Å². The van der Waals surface area contributed by atoms with Crippen LogP contribution in [0, 0.1) is 13.8 Å². The Morgan fingerprint density at radius 1 is 1.19 bits per heavy atom. The molecule has 0 saturated carbocycles. The van der Waals surface area contributed by atoms with E-state index in [2.05, 4.69) is 11.0 Å². The summed E-state index contributed by atoms with van der Waals surface area (Å²) < 4.78 is 0. The molecule has 0 amide bonds. The number of likely N-dealkylation sites (tertiary alicyclic amines) is 1. The smallest absolute Gasteiger partial charge is 0.164 e. The van der Waals surface area contributed by atoms with Crippen LogP contribution < -0.4 is 0 Å². The highest BCUT2D eigenvalue weighted by molar-refractivity contribution is 5.96. The highest BCUT2D eigenvalue weighted by Crippen LogP contribution is 2.21. The summed E-state index contributed by atoms with van der Waals surface area (Å²) in [5.74, 6) is 0.220. The third-order valence-electron chi connectivity index (χ3n) is 4.36. The number of aryl methyl sites for hydroxylation is 2. The normalized spacial score (nSPS) is 23.8. The van der Waals surface area contributed by atoms with E-state index in [-0.39, 0.29) is 5.78 Å². The summed E-state index contributed by atoms with van der Waals surface area (Å²) in [5.41, 5.74) is 2.58. The maximum Gasteiger partial charge on any atom is 0.164 e. The predicted molar refractivity (Wildman–Crippen MR) is 85.8 cm³/mol. The van der Waals surface area contributed by atoms with Crippen LogP contribution in [0.15, 0.2) is 18.2 Å². The molecule has 1 unspecified atom stereocenters. The van der Waals surface area contributed by atoms with Crippen molar-refractivity contribution in [2.24, 2.45) is 0 Å². The first-order valence-electron chi connectivity index (χ1n) is 7.92. The van der Waals surface area contributed by atoms with E-state index in [1.54, 1.807) is 0 Å². The maximum absolute atomic E-state index is 12.3. The third-order valence-corrected chi connectivity index (χ3v) is 4.36. The summed E-state index contributed by atoms with van der Waals surface area (Å²) in [7, 11) is 0. The average Bonchev–Trinajstić information content (AvgIpc) is 2.56. The minimum absolute atomic E-state index is 0.220. The van der Waals surface area contributed by atoms with Crippen LogP contribution in [0.1, 0.15) is 54.1 Å². The van der Waals surface area contributed by atoms with E-state index in [9.17, 15) is 9.90 Å². The van der Waals surface area contributed by atoms with Gasteiger partial charge in [0, 0.05) is 25.1 Å². The van der Waals surface area contributed by atoms with E-state index in [0.29, 0.717) is 6.42 Å². The van der Waals surface area contributed by atoms with Crippen LogP contribution >= 0.6 is 0 Å². The third kappa shape index (κ3) is 4.94. The number of benzene rings is 1. The number of carbonyl (C=O) groups excluding carboxylic acids is 1. The number of Topliss-reactive ketones (excluding diaryl/α,β-unsaturated/α-hetero) is 1. The molecular formula is C18H27NO2. The Hall–Kier alpha value is -1.19. The molecule has 0 radical (unpaired) electrons. The van der Waals surface area contributed by atoms with Crippen LogP contribution in [0.2, 0.25) is 0 Å². The fourth-order valence-corrected chi connectivity index (χ4v) is 3.08. The first-order chi connectivity index (χ1) is 9.85. The molecule has 1 N–H and O–H groups in total. The van der Waals surface area contributed by atoms with Crippen LogP contribution in [-0.4, -0.2) is 41.0 Å². The zero-order valence-electron chi connectivity index (χ0n) is 13.5. The lowest BCUT2D eigenvalue weighted by Gasteiger charge is -2.22. The Morgan fingerprint density at radius 3 is 2.52 bits per heavy atom. The van der Waals surface area contributed by atoms with Gasteiger partial charge in [-0.1, -0.05) is 17.2 Å². The van der Waals surface area contributed by atoms with Crippen LogP contribution in [0.3, 0.4) is 0 Å². The van der Waals surface area contributed by atoms with Crippen molar-refractivity contribution in [2.45, 2.75) is 52.1 Å². The topological polar surface area (TPSA) is 40.5 Å². The van der Waals surface area contributed by atoms with Crippen molar-refractivity contribution >= 4 is 5.78 Å². The molecule has 21 heavy (non-hydrogen) atoms. The Labute approximate surface area is 128 Å². The van der Waals surface area contributed by atoms with Crippen LogP contribution in [0.5, 0.6) is 0 Å². The number of hydrogen-bond donors (Lipinski definition) is 1. The van der Waals surface area contributed by atoms with Gasteiger partial charge in [-0.15, -0.1) is 0 Å². The first-order valence-corrected chi connectivity index (χ1v) is 7.92. The maximum atomic E-state index is 12.3. The van der Waals surface area contributed by atoms with Crippen LogP contribution in [-0.2, 0) is 0 Å². The van der Waals surface area contributed by atoms with Crippen molar-refractivity contribution in [1.82, 2.24) is 4.90 Å². The van der Waals surface area contributed by atoms with Crippen molar-refractivity contribution in [1.29, 1.82) is 0 Å². The summed E-state index contributed by atoms with van der Waals surface area (Å²) in [6.07, 6.45) is 3.22. The molecule has 2 rings (SSSR count). The van der Waals surface area contributed by atoms with Gasteiger partial charge in [0.05, 0.1) is 5.60 Å². The van der Waals surface area contributed by atoms with Gasteiger partial charge >= 0.3 is 0 Å². The average molecular weight is 289 g/mol. The van der Waals surface area contributed by atoms with Gasteiger partial charge in [-0.25, -0.2) is 0 Å². The van der Waals surface area contributed by atoms with Gasteiger partial charge < -0.3 is 10.0 Å². The lowest BCUT2D eigenvalue weighted by atomic mass is 9.98. The zero-order chi connectivity index (χ0) is 15.5. The second-order valence-electron chi connectivity index (χ2n) is 6.74. The molecule has 0 aromatic heterocycles. The molecule has 0 spiro atoms. The molecule has 1 saturated heterocycles. The number of ketones is 1. The van der Waals surface area contributed by atoms with Gasteiger partial charge in [0.15, 0.2) is 5.78 Å². The second-order valence-corrected chi connectivity index (χ2v) is 6.74. The van der Waals surface area contributed by atoms with E-state index in [4.69, 9.17) is 0 Å². The summed E-state index contributed by atoms with van der Waals surface area (Å²) in [4.78, 5) is 14.6. The van der Waals surface area contributed by atoms with Gasteiger partial charge in [0.1, 0.15) is 0 Å². The summed E-state index contributed by atoms with van der Waals surface area (Å²) in [6, 6.07) is 6.04. The number of carbonyl (C=O) groups is 1. The minimum atomic E-state index is -0.535. The molecule has 1 atom stereocenters. The Kier molecular flexibility index (Phi) is 5.17. The number of hydrogen-bond acceptors (Lipinski definition) is 3. The SMILES string of the molecule is Cc1cc(C)cc(C(=O)CCN2CCCC(C)(O)CC2)c1. The summed E-state index contributed by atoms with van der Waals surface area (Å²) >= 11 is 0. The molecule has 3 nitrogen and oxygen atoms in total. The molecule has 0 aliphatic carbocycles. The Morgan fingerprint density at radius 2 is 1.86 bits per heavy atom. The van der Waals surface area contributed by atoms with E-state index in [0.717, 1.165) is 55.6 Å². The molecule has 0 bridgehead atoms. The number of rotatable bonds is 4. The zero-order valence-corrected chi connectivity index (χ0v) is 13.5. The lowest BCUT2D eigenvalue weighted by Crippen LogP contribution is -2.30. The molecule has 3 heteroatoms. The highest BCUT2D eigenvalue weighted by Gasteiger charge is 2.25. The van der Waals surface area contributed by atoms with Gasteiger partial charge in [-0.05, 0) is 58.7 Å². The fourth-order valence-electron chi connectivity index (χ4n) is 3.08. The second kappa shape index (κ2) is 6.71. The standard InChI is InChI=1S/C18H27NO2/c1-14-11-15(2)13-16(12-14)17(20)5-9-19-8-4-6-18(3,21)7-10-19/h11-13,21H,4-10H2,1-3H3. The molecule has 1 fully saturated rings. The minimum Gasteiger partial charge on any atom is -0.390 e. The van der Waals surface area contributed by atoms with Gasteiger partial charge in [-0.3, -0.25) is 4.79 Å². The highest BCUT2D eigenvalue weighted by atomic mass is 16.3. The molecule has 1 aliphatic heterocycles. The Bertz CT molecular complexity index is 488. The molecule has 1 aromatic carbocycles. The van der Waals surface area contributed by atoms with E-state index in [1.807, 2.05) is 32.9 Å². The monoisotopic (exact) mass is 289 g/mol. The van der Waals surface area contributed by atoms with Crippen LogP contribution in [0.4, 0.5) is 0 Å². The molecule has 1 aromatic rings. The molecule has 1 aliphatic rings. The number of nitrogens with zero attached hydrogens (tertiary/aromatic N) is 1. The molecule has 116 valence electrons. The van der Waals surface area contributed by atoms with E-state index < -0.39 is 5.60 Å².